The SMILES string of the molecule is O=C(NCC1CC1)c1ccc2c(=O)n3c(nc2c1)CCCCCC3. The van der Waals surface area contributed by atoms with Crippen molar-refractivity contribution in [1.29, 1.82) is 0 Å². The molecule has 0 spiro atoms. The van der Waals surface area contributed by atoms with Crippen LogP contribution in [0.15, 0.2) is 23.0 Å². The molecule has 1 saturated carbocycles. The number of hydrogen-bond donors (Lipinski definition) is 1. The maximum Gasteiger partial charge on any atom is 0.261 e. The van der Waals surface area contributed by atoms with E-state index in [1.54, 1.807) is 18.2 Å². The Kier molecular flexibility index (Phi) is 4.08. The number of carbonyl (C=O) groups excluding carboxylic acids is 1. The van der Waals surface area contributed by atoms with Crippen molar-refractivity contribution in [2.24, 2.45) is 5.92 Å². The van der Waals surface area contributed by atoms with Crippen molar-refractivity contribution in [1.82, 2.24) is 14.9 Å². The molecule has 1 aromatic carbocycles. The number of nitrogens with zero attached hydrogens (tertiary/aromatic N) is 2. The Labute approximate surface area is 141 Å². The van der Waals surface area contributed by atoms with Crippen molar-refractivity contribution in [3.63, 3.8) is 0 Å². The van der Waals surface area contributed by atoms with E-state index in [4.69, 9.17) is 4.98 Å². The molecule has 0 atom stereocenters. The maximum absolute atomic E-state index is 12.8. The van der Waals surface area contributed by atoms with Gasteiger partial charge in [0, 0.05) is 25.1 Å². The number of rotatable bonds is 3. The molecule has 4 rings (SSSR count). The third-order valence-electron chi connectivity index (χ3n) is 5.08. The minimum absolute atomic E-state index is 0.0295. The molecule has 24 heavy (non-hydrogen) atoms. The average Bonchev–Trinajstić information content (AvgIpc) is 3.38. The van der Waals surface area contributed by atoms with Crippen molar-refractivity contribution in [3.05, 3.63) is 39.9 Å². The van der Waals surface area contributed by atoms with E-state index in [-0.39, 0.29) is 11.5 Å². The number of amides is 1. The Morgan fingerprint density at radius 3 is 2.88 bits per heavy atom. The van der Waals surface area contributed by atoms with Crippen LogP contribution in [0, 0.1) is 5.92 Å². The fraction of sp³-hybridized carbons (Fsp3) is 0.526. The zero-order valence-corrected chi connectivity index (χ0v) is 13.9. The van der Waals surface area contributed by atoms with Crippen LogP contribution in [0.5, 0.6) is 0 Å². The van der Waals surface area contributed by atoms with E-state index < -0.39 is 0 Å². The van der Waals surface area contributed by atoms with Gasteiger partial charge < -0.3 is 5.32 Å². The molecule has 1 aliphatic carbocycles. The molecule has 1 N–H and O–H groups in total. The Bertz CT molecular complexity index is 836. The van der Waals surface area contributed by atoms with Gasteiger partial charge in [0.05, 0.1) is 10.9 Å². The van der Waals surface area contributed by atoms with Gasteiger partial charge in [0.2, 0.25) is 0 Å². The molecular formula is C19H23N3O2. The summed E-state index contributed by atoms with van der Waals surface area (Å²) in [5, 5.41) is 3.58. The van der Waals surface area contributed by atoms with E-state index in [1.807, 2.05) is 4.57 Å². The van der Waals surface area contributed by atoms with Gasteiger partial charge in [-0.25, -0.2) is 4.98 Å². The second-order valence-corrected chi connectivity index (χ2v) is 7.03. The lowest BCUT2D eigenvalue weighted by Gasteiger charge is -2.16. The zero-order chi connectivity index (χ0) is 16.5. The van der Waals surface area contributed by atoms with E-state index in [9.17, 15) is 9.59 Å². The molecule has 0 radical (unpaired) electrons. The monoisotopic (exact) mass is 325 g/mol. The molecule has 1 aromatic heterocycles. The van der Waals surface area contributed by atoms with Gasteiger partial charge in [0.1, 0.15) is 5.82 Å². The Balaban J connectivity index is 1.69. The number of nitrogens with one attached hydrogen (secondary N) is 1. The smallest absolute Gasteiger partial charge is 0.261 e. The van der Waals surface area contributed by atoms with Crippen LogP contribution >= 0.6 is 0 Å². The van der Waals surface area contributed by atoms with Crippen molar-refractivity contribution in [2.75, 3.05) is 6.54 Å². The molecule has 2 aliphatic rings. The van der Waals surface area contributed by atoms with Gasteiger partial charge in [-0.3, -0.25) is 14.2 Å². The molecule has 5 heteroatoms. The lowest BCUT2D eigenvalue weighted by atomic mass is 10.1. The summed E-state index contributed by atoms with van der Waals surface area (Å²) in [6.45, 7) is 1.50. The number of aryl methyl sites for hydroxylation is 1. The highest BCUT2D eigenvalue weighted by Crippen LogP contribution is 2.27. The molecule has 2 aromatic rings. The lowest BCUT2D eigenvalue weighted by Crippen LogP contribution is -2.27. The Morgan fingerprint density at radius 2 is 2.04 bits per heavy atom. The van der Waals surface area contributed by atoms with E-state index in [2.05, 4.69) is 5.32 Å². The highest BCUT2D eigenvalue weighted by atomic mass is 16.1. The summed E-state index contributed by atoms with van der Waals surface area (Å²) < 4.78 is 1.83. The maximum atomic E-state index is 12.8. The van der Waals surface area contributed by atoms with Crippen LogP contribution in [0.1, 0.15) is 54.7 Å². The van der Waals surface area contributed by atoms with E-state index in [1.165, 1.54) is 25.7 Å². The van der Waals surface area contributed by atoms with Crippen LogP contribution in [0.4, 0.5) is 0 Å². The second-order valence-electron chi connectivity index (χ2n) is 7.03. The molecular weight excluding hydrogens is 302 g/mol. The standard InChI is InChI=1S/C19H23N3O2/c23-18(20-12-13-6-7-13)14-8-9-15-16(11-14)21-17-5-3-1-2-4-10-22(17)19(15)24/h8-9,11,13H,1-7,10,12H2,(H,20,23). The molecule has 126 valence electrons. The van der Waals surface area contributed by atoms with Gasteiger partial charge in [-0.15, -0.1) is 0 Å². The highest BCUT2D eigenvalue weighted by molar-refractivity contribution is 5.97. The third-order valence-corrected chi connectivity index (χ3v) is 5.08. The highest BCUT2D eigenvalue weighted by Gasteiger charge is 2.22. The first-order valence-electron chi connectivity index (χ1n) is 9.04. The summed E-state index contributed by atoms with van der Waals surface area (Å²) in [5.41, 5.74) is 1.26. The Morgan fingerprint density at radius 1 is 1.21 bits per heavy atom. The van der Waals surface area contributed by atoms with Gasteiger partial charge in [0.25, 0.3) is 11.5 Å². The fourth-order valence-electron chi connectivity index (χ4n) is 3.40. The number of benzene rings is 1. The molecule has 1 amide bonds. The van der Waals surface area contributed by atoms with E-state index >= 15 is 0 Å². The Hall–Kier alpha value is -2.17. The van der Waals surface area contributed by atoms with E-state index in [0.29, 0.717) is 22.4 Å². The minimum atomic E-state index is -0.0718. The number of hydrogen-bond acceptors (Lipinski definition) is 3. The van der Waals surface area contributed by atoms with Gasteiger partial charge in [-0.2, -0.15) is 0 Å². The van der Waals surface area contributed by atoms with E-state index in [0.717, 1.165) is 38.2 Å². The predicted octanol–water partition coefficient (Wildman–Crippen LogP) is 2.65. The lowest BCUT2D eigenvalue weighted by molar-refractivity contribution is 0.0952. The first-order valence-corrected chi connectivity index (χ1v) is 9.04. The summed E-state index contributed by atoms with van der Waals surface area (Å²) in [6.07, 6.45) is 7.72. The molecule has 2 heterocycles. The number of fused-ring (bicyclic) bond motifs is 2. The van der Waals surface area contributed by atoms with Crippen LogP contribution in [-0.2, 0) is 13.0 Å². The van der Waals surface area contributed by atoms with Gasteiger partial charge >= 0.3 is 0 Å². The normalized spacial score (nSPS) is 17.8. The summed E-state index contributed by atoms with van der Waals surface area (Å²) in [7, 11) is 0. The molecule has 0 unspecified atom stereocenters. The molecule has 1 fully saturated rings. The van der Waals surface area contributed by atoms with Gasteiger partial charge in [0.15, 0.2) is 0 Å². The third kappa shape index (κ3) is 3.07. The molecule has 0 saturated heterocycles. The van der Waals surface area contributed by atoms with Gasteiger partial charge in [-0.05, 0) is 49.8 Å². The minimum Gasteiger partial charge on any atom is -0.352 e. The van der Waals surface area contributed by atoms with Crippen molar-refractivity contribution in [2.45, 2.75) is 51.5 Å². The predicted molar refractivity (Wildman–Crippen MR) is 93.2 cm³/mol. The summed E-state index contributed by atoms with van der Waals surface area (Å²) in [4.78, 5) is 29.7. The van der Waals surface area contributed by atoms with Crippen LogP contribution in [0.3, 0.4) is 0 Å². The zero-order valence-electron chi connectivity index (χ0n) is 13.9. The molecule has 5 nitrogen and oxygen atoms in total. The van der Waals surface area contributed by atoms with Crippen molar-refractivity contribution < 1.29 is 4.79 Å². The molecule has 0 bridgehead atoms. The number of aromatic nitrogens is 2. The average molecular weight is 325 g/mol. The van der Waals surface area contributed by atoms with Crippen molar-refractivity contribution in [3.8, 4) is 0 Å². The van der Waals surface area contributed by atoms with Gasteiger partial charge in [-0.1, -0.05) is 12.8 Å². The largest absolute Gasteiger partial charge is 0.352 e. The summed E-state index contributed by atoms with van der Waals surface area (Å²) in [6, 6.07) is 5.25. The second kappa shape index (κ2) is 6.38. The fourth-order valence-corrected chi connectivity index (χ4v) is 3.40. The topological polar surface area (TPSA) is 64.0 Å². The van der Waals surface area contributed by atoms with Crippen LogP contribution in [-0.4, -0.2) is 22.0 Å². The summed E-state index contributed by atoms with van der Waals surface area (Å²) in [5.74, 6) is 1.44. The summed E-state index contributed by atoms with van der Waals surface area (Å²) >= 11 is 0. The first kappa shape index (κ1) is 15.4. The van der Waals surface area contributed by atoms with Crippen molar-refractivity contribution >= 4 is 16.8 Å². The van der Waals surface area contributed by atoms with Crippen LogP contribution in [0.2, 0.25) is 0 Å². The number of carbonyl (C=O) groups is 1. The van der Waals surface area contributed by atoms with Crippen LogP contribution in [0.25, 0.3) is 10.9 Å². The molecule has 1 aliphatic heterocycles. The van der Waals surface area contributed by atoms with Crippen LogP contribution < -0.4 is 10.9 Å². The quantitative estimate of drug-likeness (QED) is 0.943. The first-order chi connectivity index (χ1) is 11.7.